The monoisotopic (exact) mass is 607 g/mol. The van der Waals surface area contributed by atoms with Gasteiger partial charge in [0.2, 0.25) is 6.71 Å². The molecule has 0 amide bonds. The maximum absolute atomic E-state index is 4.67. The first kappa shape index (κ1) is 26.2. The van der Waals surface area contributed by atoms with Gasteiger partial charge in [0.05, 0.1) is 11.2 Å². The molecule has 4 heterocycles. The van der Waals surface area contributed by atoms with Crippen molar-refractivity contribution >= 4 is 62.8 Å². The van der Waals surface area contributed by atoms with Crippen molar-refractivity contribution in [2.24, 2.45) is 0 Å². The van der Waals surface area contributed by atoms with Crippen LogP contribution in [0.4, 0.5) is 17.1 Å². The van der Waals surface area contributed by atoms with Gasteiger partial charge in [-0.3, -0.25) is 4.98 Å². The Hall–Kier alpha value is -5.00. The van der Waals surface area contributed by atoms with Crippen LogP contribution in [0.3, 0.4) is 0 Å². The molecule has 0 saturated carbocycles. The summed E-state index contributed by atoms with van der Waals surface area (Å²) in [5.74, 6) is 0. The van der Waals surface area contributed by atoms with E-state index in [1.807, 2.05) is 24.0 Å². The zero-order valence-electron chi connectivity index (χ0n) is 25.4. The molecule has 0 N–H and O–H groups in total. The second-order valence-electron chi connectivity index (χ2n) is 12.6. The number of benzene rings is 5. The lowest BCUT2D eigenvalue weighted by molar-refractivity contribution is 0.667. The molecule has 1 aliphatic carbocycles. The predicted molar refractivity (Wildman–Crippen MR) is 193 cm³/mol. The van der Waals surface area contributed by atoms with Crippen LogP contribution in [0.25, 0.3) is 27.8 Å². The van der Waals surface area contributed by atoms with E-state index in [1.54, 1.807) is 5.56 Å². The Bertz CT molecular complexity index is 2310. The molecule has 3 nitrogen and oxygen atoms in total. The summed E-state index contributed by atoms with van der Waals surface area (Å²) in [7, 11) is 0. The molecule has 10 rings (SSSR count). The van der Waals surface area contributed by atoms with Crippen LogP contribution in [-0.2, 0) is 12.8 Å². The standard InChI is InChI=1S/C41H30BN3S/c1-2-11-28(12-3-1)44-37-23-21-29(45-35-16-6-4-13-30(35)31-14-5-7-17-36(31)45)26-33(37)42-32-22-20-27(34-15-8-9-24-43-34)25-40(32)46-39-19-10-18-38(44)41(39)42/h1-4,6,8-13,15-16,18-26H,5,7,14,17H2. The van der Waals surface area contributed by atoms with Gasteiger partial charge in [-0.15, -0.1) is 0 Å². The van der Waals surface area contributed by atoms with Crippen molar-refractivity contribution in [3.8, 4) is 16.9 Å². The van der Waals surface area contributed by atoms with Gasteiger partial charge in [0.15, 0.2) is 0 Å². The average molecular weight is 608 g/mol. The van der Waals surface area contributed by atoms with Crippen LogP contribution < -0.4 is 21.3 Å². The Kier molecular flexibility index (Phi) is 5.86. The molecule has 5 heteroatoms. The number of pyridine rings is 1. The van der Waals surface area contributed by atoms with Crippen molar-refractivity contribution in [2.45, 2.75) is 35.5 Å². The van der Waals surface area contributed by atoms with Gasteiger partial charge >= 0.3 is 0 Å². The van der Waals surface area contributed by atoms with Gasteiger partial charge in [-0.2, -0.15) is 0 Å². The third kappa shape index (κ3) is 3.85. The average Bonchev–Trinajstić information content (AvgIpc) is 3.46. The smallest absolute Gasteiger partial charge is 0.249 e. The Balaban J connectivity index is 1.23. The zero-order chi connectivity index (χ0) is 30.2. The first-order valence-electron chi connectivity index (χ1n) is 16.3. The summed E-state index contributed by atoms with van der Waals surface area (Å²) in [4.78, 5) is 9.78. The minimum absolute atomic E-state index is 0.132. The molecule has 0 radical (unpaired) electrons. The molecule has 0 fully saturated rings. The highest BCUT2D eigenvalue weighted by atomic mass is 32.2. The fraction of sp³-hybridized carbons (Fsp3) is 0.0976. The van der Waals surface area contributed by atoms with Crippen LogP contribution >= 0.6 is 11.8 Å². The summed E-state index contributed by atoms with van der Waals surface area (Å²) in [6.07, 6.45) is 6.69. The lowest BCUT2D eigenvalue weighted by Crippen LogP contribution is -2.59. The number of para-hydroxylation sites is 2. The van der Waals surface area contributed by atoms with Crippen molar-refractivity contribution in [3.63, 3.8) is 0 Å². The highest BCUT2D eigenvalue weighted by Gasteiger charge is 2.41. The van der Waals surface area contributed by atoms with E-state index in [4.69, 9.17) is 0 Å². The molecule has 5 aromatic carbocycles. The first-order chi connectivity index (χ1) is 22.8. The predicted octanol–water partition coefficient (Wildman–Crippen LogP) is 8.34. The molecule has 0 unspecified atom stereocenters. The topological polar surface area (TPSA) is 21.1 Å². The molecule has 0 atom stereocenters. The van der Waals surface area contributed by atoms with Gasteiger partial charge in [0.1, 0.15) is 0 Å². The number of aryl methyl sites for hydroxylation is 1. The summed E-state index contributed by atoms with van der Waals surface area (Å²) in [6, 6.07) is 47.1. The highest BCUT2D eigenvalue weighted by molar-refractivity contribution is 8.00. The van der Waals surface area contributed by atoms with E-state index in [0.29, 0.717) is 0 Å². The quantitative estimate of drug-likeness (QED) is 0.189. The van der Waals surface area contributed by atoms with Crippen molar-refractivity contribution in [1.29, 1.82) is 0 Å². The van der Waals surface area contributed by atoms with Crippen molar-refractivity contribution in [3.05, 3.63) is 145 Å². The van der Waals surface area contributed by atoms with Crippen LogP contribution in [0.2, 0.25) is 0 Å². The molecule has 3 aliphatic rings. The summed E-state index contributed by atoms with van der Waals surface area (Å²) < 4.78 is 2.57. The summed E-state index contributed by atoms with van der Waals surface area (Å²) in [6.45, 7) is 0.132. The first-order valence-corrected chi connectivity index (χ1v) is 17.1. The molecule has 0 bridgehead atoms. The third-order valence-electron chi connectivity index (χ3n) is 10.1. The highest BCUT2D eigenvalue weighted by Crippen LogP contribution is 2.43. The minimum Gasteiger partial charge on any atom is -0.313 e. The summed E-state index contributed by atoms with van der Waals surface area (Å²) in [5.41, 5.74) is 15.6. The van der Waals surface area contributed by atoms with Crippen LogP contribution in [0.1, 0.15) is 24.1 Å². The van der Waals surface area contributed by atoms with E-state index in [9.17, 15) is 0 Å². The third-order valence-corrected chi connectivity index (χ3v) is 11.2. The van der Waals surface area contributed by atoms with E-state index in [-0.39, 0.29) is 6.71 Å². The lowest BCUT2D eigenvalue weighted by Gasteiger charge is -2.40. The largest absolute Gasteiger partial charge is 0.313 e. The number of aromatic nitrogens is 2. The zero-order valence-corrected chi connectivity index (χ0v) is 26.2. The molecular weight excluding hydrogens is 577 g/mol. The number of fused-ring (bicyclic) bond motifs is 7. The fourth-order valence-electron chi connectivity index (χ4n) is 8.15. The van der Waals surface area contributed by atoms with Gasteiger partial charge in [0.25, 0.3) is 0 Å². The Labute approximate surface area is 273 Å². The maximum atomic E-state index is 4.67. The number of hydrogen-bond acceptors (Lipinski definition) is 3. The Morgan fingerprint density at radius 2 is 1.50 bits per heavy atom. The normalized spacial score (nSPS) is 14.4. The second kappa shape index (κ2) is 10.3. The molecule has 2 aromatic heterocycles. The second-order valence-corrected chi connectivity index (χ2v) is 13.7. The molecule has 7 aromatic rings. The number of anilines is 3. The molecule has 2 aliphatic heterocycles. The van der Waals surface area contributed by atoms with Crippen molar-refractivity contribution in [1.82, 2.24) is 9.55 Å². The van der Waals surface area contributed by atoms with E-state index in [1.165, 1.54) is 78.4 Å². The van der Waals surface area contributed by atoms with Crippen LogP contribution in [0.15, 0.2) is 143 Å². The van der Waals surface area contributed by atoms with Crippen LogP contribution in [0, 0.1) is 0 Å². The summed E-state index contributed by atoms with van der Waals surface area (Å²) in [5, 5.41) is 1.41. The molecule has 0 spiro atoms. The maximum Gasteiger partial charge on any atom is 0.249 e. The Morgan fingerprint density at radius 1 is 0.630 bits per heavy atom. The number of hydrogen-bond donors (Lipinski definition) is 0. The van der Waals surface area contributed by atoms with Gasteiger partial charge in [-0.05, 0) is 109 Å². The van der Waals surface area contributed by atoms with Gasteiger partial charge in [-0.1, -0.05) is 77.9 Å². The summed E-state index contributed by atoms with van der Waals surface area (Å²) >= 11 is 1.89. The SMILES string of the molecule is c1ccc(N2c3ccc(-n4c5c(c6ccccc64)CCCC5)cc3B3c4ccc(-c5ccccn5)cc4Sc4cccc2c43)cc1. The van der Waals surface area contributed by atoms with Gasteiger partial charge < -0.3 is 9.47 Å². The van der Waals surface area contributed by atoms with E-state index in [2.05, 4.69) is 136 Å². The van der Waals surface area contributed by atoms with Crippen molar-refractivity contribution in [2.75, 3.05) is 4.90 Å². The lowest BCUT2D eigenvalue weighted by atomic mass is 9.35. The molecular formula is C41H30BN3S. The number of rotatable bonds is 3. The van der Waals surface area contributed by atoms with Crippen molar-refractivity contribution < 1.29 is 0 Å². The van der Waals surface area contributed by atoms with E-state index < -0.39 is 0 Å². The number of nitrogens with zero attached hydrogens (tertiary/aromatic N) is 3. The van der Waals surface area contributed by atoms with E-state index >= 15 is 0 Å². The Morgan fingerprint density at radius 3 is 2.41 bits per heavy atom. The molecule has 218 valence electrons. The fourth-order valence-corrected chi connectivity index (χ4v) is 9.35. The van der Waals surface area contributed by atoms with E-state index in [0.717, 1.165) is 24.1 Å². The van der Waals surface area contributed by atoms with Crippen LogP contribution in [0.5, 0.6) is 0 Å². The molecule has 0 saturated heterocycles. The minimum atomic E-state index is 0.132. The molecule has 46 heavy (non-hydrogen) atoms. The van der Waals surface area contributed by atoms with Gasteiger partial charge in [-0.25, -0.2) is 0 Å². The van der Waals surface area contributed by atoms with Gasteiger partial charge in [0, 0.05) is 55.4 Å². The van der Waals surface area contributed by atoms with Crippen LogP contribution in [-0.4, -0.2) is 16.3 Å².